The van der Waals surface area contributed by atoms with Crippen LogP contribution < -0.4 is 0 Å². The number of ether oxygens (including phenoxy) is 2. The summed E-state index contributed by atoms with van der Waals surface area (Å²) in [5, 5.41) is 11.1. The van der Waals surface area contributed by atoms with Gasteiger partial charge in [0, 0.05) is 19.0 Å². The van der Waals surface area contributed by atoms with E-state index in [0.29, 0.717) is 26.1 Å². The third kappa shape index (κ3) is 4.11. The molecule has 0 radical (unpaired) electrons. The summed E-state index contributed by atoms with van der Waals surface area (Å²) >= 11 is 0. The van der Waals surface area contributed by atoms with Crippen molar-refractivity contribution in [1.82, 2.24) is 4.90 Å². The van der Waals surface area contributed by atoms with Gasteiger partial charge in [-0.2, -0.15) is 0 Å². The molecule has 0 saturated carbocycles. The monoisotopic (exact) mass is 379 g/mol. The van der Waals surface area contributed by atoms with E-state index in [4.69, 9.17) is 9.47 Å². The second kappa shape index (κ2) is 8.17. The van der Waals surface area contributed by atoms with E-state index in [0.717, 1.165) is 16.7 Å². The van der Waals surface area contributed by atoms with Gasteiger partial charge >= 0.3 is 6.09 Å². The summed E-state index contributed by atoms with van der Waals surface area (Å²) in [4.78, 5) is 14.1. The topological polar surface area (TPSA) is 59.0 Å². The second-order valence-electron chi connectivity index (χ2n) is 7.54. The van der Waals surface area contributed by atoms with Crippen molar-refractivity contribution in [3.05, 3.63) is 83.4 Å². The fourth-order valence-corrected chi connectivity index (χ4v) is 3.93. The van der Waals surface area contributed by atoms with Crippen molar-refractivity contribution in [1.29, 1.82) is 0 Å². The van der Waals surface area contributed by atoms with Crippen molar-refractivity contribution in [3.63, 3.8) is 0 Å². The Morgan fingerprint density at radius 2 is 1.68 bits per heavy atom. The molecular formula is C23H25NO4. The first-order chi connectivity index (χ1) is 13.6. The van der Waals surface area contributed by atoms with Crippen molar-refractivity contribution in [2.75, 3.05) is 19.7 Å². The predicted octanol–water partition coefficient (Wildman–Crippen LogP) is 3.53. The molecule has 4 rings (SSSR count). The molecule has 0 bridgehead atoms. The zero-order valence-corrected chi connectivity index (χ0v) is 15.8. The Bertz CT molecular complexity index is 836. The summed E-state index contributed by atoms with van der Waals surface area (Å²) in [7, 11) is 0. The van der Waals surface area contributed by atoms with Crippen LogP contribution in [-0.4, -0.2) is 41.4 Å². The summed E-state index contributed by atoms with van der Waals surface area (Å²) in [6, 6.07) is 19.5. The molecule has 2 unspecified atom stereocenters. The smallest absolute Gasteiger partial charge is 0.410 e. The lowest BCUT2D eigenvalue weighted by atomic mass is 9.89. The predicted molar refractivity (Wildman–Crippen MR) is 105 cm³/mol. The van der Waals surface area contributed by atoms with E-state index in [2.05, 4.69) is 0 Å². The van der Waals surface area contributed by atoms with Gasteiger partial charge in [-0.15, -0.1) is 0 Å². The molecule has 0 spiro atoms. The largest absolute Gasteiger partial charge is 0.445 e. The maximum absolute atomic E-state index is 12.4. The van der Waals surface area contributed by atoms with Gasteiger partial charge in [0.15, 0.2) is 0 Å². The van der Waals surface area contributed by atoms with Gasteiger partial charge < -0.3 is 19.5 Å². The number of aliphatic hydroxyl groups is 1. The first-order valence-electron chi connectivity index (χ1n) is 9.63. The molecule has 1 fully saturated rings. The summed E-state index contributed by atoms with van der Waals surface area (Å²) in [6.07, 6.45) is 2.27. The standard InChI is InChI=1S/C23H25NO4/c25-22(28-16-19-9-5-2-6-10-19)24-13-20-11-12-23(26,21(20)14-24)17-27-15-18-7-3-1-4-8-18/h1-11,21,26H,12-17H2. The Kier molecular flexibility index (Phi) is 5.46. The number of carbonyl (C=O) groups excluding carboxylic acids is 1. The maximum Gasteiger partial charge on any atom is 0.410 e. The van der Waals surface area contributed by atoms with E-state index in [9.17, 15) is 9.90 Å². The number of likely N-dealkylation sites (tertiary alicyclic amines) is 1. The summed E-state index contributed by atoms with van der Waals surface area (Å²) < 4.78 is 11.2. The quantitative estimate of drug-likeness (QED) is 0.780. The lowest BCUT2D eigenvalue weighted by Crippen LogP contribution is -2.42. The maximum atomic E-state index is 12.4. The normalized spacial score (nSPS) is 23.4. The minimum atomic E-state index is -0.960. The molecule has 0 aromatic heterocycles. The number of fused-ring (bicyclic) bond motifs is 1. The molecule has 1 heterocycles. The van der Waals surface area contributed by atoms with Gasteiger partial charge in [-0.3, -0.25) is 0 Å². The third-order valence-electron chi connectivity index (χ3n) is 5.52. The molecule has 1 aliphatic heterocycles. The van der Waals surface area contributed by atoms with Crippen molar-refractivity contribution in [3.8, 4) is 0 Å². The van der Waals surface area contributed by atoms with Gasteiger partial charge in [0.1, 0.15) is 6.61 Å². The number of carbonyl (C=O) groups is 1. The summed E-state index contributed by atoms with van der Waals surface area (Å²) in [5.41, 5.74) is 2.18. The Morgan fingerprint density at radius 1 is 1.04 bits per heavy atom. The lowest BCUT2D eigenvalue weighted by molar-refractivity contribution is -0.0706. The molecule has 1 aliphatic carbocycles. The van der Waals surface area contributed by atoms with Crippen LogP contribution in [0.2, 0.25) is 0 Å². The van der Waals surface area contributed by atoms with Gasteiger partial charge in [0.05, 0.1) is 18.8 Å². The molecule has 28 heavy (non-hydrogen) atoms. The minimum Gasteiger partial charge on any atom is -0.445 e. The summed E-state index contributed by atoms with van der Waals surface area (Å²) in [6.45, 7) is 1.95. The van der Waals surface area contributed by atoms with Crippen LogP contribution in [-0.2, 0) is 22.7 Å². The molecule has 2 aromatic carbocycles. The fraction of sp³-hybridized carbons (Fsp3) is 0.348. The highest BCUT2D eigenvalue weighted by Gasteiger charge is 2.48. The van der Waals surface area contributed by atoms with E-state index < -0.39 is 5.60 Å². The number of hydrogen-bond donors (Lipinski definition) is 1. The van der Waals surface area contributed by atoms with E-state index in [1.807, 2.05) is 66.7 Å². The first kappa shape index (κ1) is 18.7. The highest BCUT2D eigenvalue weighted by molar-refractivity contribution is 5.69. The van der Waals surface area contributed by atoms with Crippen LogP contribution >= 0.6 is 0 Å². The average molecular weight is 379 g/mol. The van der Waals surface area contributed by atoms with Crippen LogP contribution in [0.5, 0.6) is 0 Å². The molecule has 1 saturated heterocycles. The molecule has 1 N–H and O–H groups in total. The van der Waals surface area contributed by atoms with Crippen LogP contribution in [0.1, 0.15) is 17.5 Å². The second-order valence-corrected chi connectivity index (χ2v) is 7.54. The van der Waals surface area contributed by atoms with Crippen LogP contribution in [0.25, 0.3) is 0 Å². The van der Waals surface area contributed by atoms with Gasteiger partial charge in [0.2, 0.25) is 0 Å². The van der Waals surface area contributed by atoms with E-state index in [1.54, 1.807) is 4.90 Å². The van der Waals surface area contributed by atoms with Crippen LogP contribution in [0.15, 0.2) is 72.3 Å². The SMILES string of the molecule is O=C(OCc1ccccc1)N1CC2=CCC(O)(COCc3ccccc3)C2C1. The van der Waals surface area contributed by atoms with Crippen molar-refractivity contribution in [2.45, 2.75) is 25.2 Å². The molecule has 2 aromatic rings. The fourth-order valence-electron chi connectivity index (χ4n) is 3.93. The Hall–Kier alpha value is -2.63. The Balaban J connectivity index is 1.29. The molecule has 2 aliphatic rings. The zero-order valence-electron chi connectivity index (χ0n) is 15.8. The van der Waals surface area contributed by atoms with Gasteiger partial charge in [-0.05, 0) is 23.1 Å². The van der Waals surface area contributed by atoms with Crippen molar-refractivity contribution < 1.29 is 19.4 Å². The average Bonchev–Trinajstić information content (AvgIpc) is 3.29. The highest BCUT2D eigenvalue weighted by atomic mass is 16.6. The molecular weight excluding hydrogens is 354 g/mol. The number of benzene rings is 2. The van der Waals surface area contributed by atoms with Gasteiger partial charge in [-0.25, -0.2) is 4.79 Å². The number of amides is 1. The van der Waals surface area contributed by atoms with E-state index >= 15 is 0 Å². The van der Waals surface area contributed by atoms with Gasteiger partial charge in [0.25, 0.3) is 0 Å². The first-order valence-corrected chi connectivity index (χ1v) is 9.63. The number of hydrogen-bond acceptors (Lipinski definition) is 4. The van der Waals surface area contributed by atoms with Crippen LogP contribution in [0.3, 0.4) is 0 Å². The molecule has 5 nitrogen and oxygen atoms in total. The summed E-state index contributed by atoms with van der Waals surface area (Å²) in [5.74, 6) is -0.0902. The third-order valence-corrected chi connectivity index (χ3v) is 5.52. The van der Waals surface area contributed by atoms with Crippen LogP contribution in [0.4, 0.5) is 4.79 Å². The Morgan fingerprint density at radius 3 is 2.36 bits per heavy atom. The molecule has 2 atom stereocenters. The van der Waals surface area contributed by atoms with E-state index in [-0.39, 0.29) is 25.2 Å². The lowest BCUT2D eigenvalue weighted by Gasteiger charge is -2.29. The zero-order chi connectivity index (χ0) is 19.4. The van der Waals surface area contributed by atoms with Crippen LogP contribution in [0, 0.1) is 5.92 Å². The highest BCUT2D eigenvalue weighted by Crippen LogP contribution is 2.41. The molecule has 146 valence electrons. The van der Waals surface area contributed by atoms with E-state index in [1.165, 1.54) is 0 Å². The molecule has 1 amide bonds. The number of nitrogens with zero attached hydrogens (tertiary/aromatic N) is 1. The van der Waals surface area contributed by atoms with Crippen molar-refractivity contribution in [2.24, 2.45) is 5.92 Å². The minimum absolute atomic E-state index is 0.0902. The molecule has 5 heteroatoms. The number of rotatable bonds is 6. The van der Waals surface area contributed by atoms with Crippen molar-refractivity contribution >= 4 is 6.09 Å². The van der Waals surface area contributed by atoms with Gasteiger partial charge in [-0.1, -0.05) is 66.7 Å². The Labute approximate surface area is 165 Å².